The summed E-state index contributed by atoms with van der Waals surface area (Å²) in [5.41, 5.74) is 0.0747. The van der Waals surface area contributed by atoms with Crippen LogP contribution in [-0.2, 0) is 11.2 Å². The zero-order valence-electron chi connectivity index (χ0n) is 12.0. The van der Waals surface area contributed by atoms with Crippen molar-refractivity contribution in [2.24, 2.45) is 5.92 Å². The number of aromatic nitrogens is 1. The Morgan fingerprint density at radius 2 is 2.20 bits per heavy atom. The first-order valence-corrected chi connectivity index (χ1v) is 7.91. The SMILES string of the molecule is CCCCC(CC)C(=O)NCCc1nc(C(=O)O)cs1. The van der Waals surface area contributed by atoms with E-state index in [9.17, 15) is 9.59 Å². The Kier molecular flexibility index (Phi) is 7.22. The van der Waals surface area contributed by atoms with Crippen LogP contribution in [0.5, 0.6) is 0 Å². The number of hydrogen-bond donors (Lipinski definition) is 2. The molecule has 1 atom stereocenters. The molecule has 5 nitrogen and oxygen atoms in total. The number of carbonyl (C=O) groups excluding carboxylic acids is 1. The molecule has 0 spiro atoms. The first-order valence-electron chi connectivity index (χ1n) is 7.03. The second-order valence-electron chi connectivity index (χ2n) is 4.72. The number of nitrogens with zero attached hydrogens (tertiary/aromatic N) is 1. The van der Waals surface area contributed by atoms with Gasteiger partial charge in [-0.25, -0.2) is 9.78 Å². The Balaban J connectivity index is 2.34. The average Bonchev–Trinajstić information content (AvgIpc) is 2.88. The summed E-state index contributed by atoms with van der Waals surface area (Å²) in [6.07, 6.45) is 4.53. The van der Waals surface area contributed by atoms with Gasteiger partial charge in [0.15, 0.2) is 5.69 Å². The van der Waals surface area contributed by atoms with E-state index in [0.29, 0.717) is 13.0 Å². The molecule has 0 saturated carbocycles. The van der Waals surface area contributed by atoms with Crippen molar-refractivity contribution >= 4 is 23.2 Å². The quantitative estimate of drug-likeness (QED) is 0.734. The van der Waals surface area contributed by atoms with Crippen molar-refractivity contribution in [3.63, 3.8) is 0 Å². The molecule has 112 valence electrons. The van der Waals surface area contributed by atoms with Crippen LogP contribution < -0.4 is 5.32 Å². The largest absolute Gasteiger partial charge is 0.476 e. The number of nitrogens with one attached hydrogen (secondary N) is 1. The molecular formula is C14H22N2O3S. The minimum Gasteiger partial charge on any atom is -0.476 e. The van der Waals surface area contributed by atoms with Gasteiger partial charge in [0.25, 0.3) is 0 Å². The molecule has 0 aromatic carbocycles. The third kappa shape index (κ3) is 5.28. The monoisotopic (exact) mass is 298 g/mol. The average molecular weight is 298 g/mol. The molecular weight excluding hydrogens is 276 g/mol. The summed E-state index contributed by atoms with van der Waals surface area (Å²) in [7, 11) is 0. The maximum absolute atomic E-state index is 12.0. The van der Waals surface area contributed by atoms with Crippen LogP contribution in [0.3, 0.4) is 0 Å². The van der Waals surface area contributed by atoms with Gasteiger partial charge in [-0.1, -0.05) is 26.7 Å². The van der Waals surface area contributed by atoms with Gasteiger partial charge in [-0.15, -0.1) is 11.3 Å². The van der Waals surface area contributed by atoms with Gasteiger partial charge in [0.05, 0.1) is 5.01 Å². The Hall–Kier alpha value is -1.43. The number of unbranched alkanes of at least 4 members (excludes halogenated alkanes) is 1. The number of thiazole rings is 1. The van der Waals surface area contributed by atoms with Gasteiger partial charge >= 0.3 is 5.97 Å². The highest BCUT2D eigenvalue weighted by Gasteiger charge is 2.15. The van der Waals surface area contributed by atoms with Crippen molar-refractivity contribution in [3.05, 3.63) is 16.1 Å². The van der Waals surface area contributed by atoms with E-state index in [1.165, 1.54) is 16.7 Å². The van der Waals surface area contributed by atoms with Gasteiger partial charge < -0.3 is 10.4 Å². The third-order valence-electron chi connectivity index (χ3n) is 3.18. The predicted molar refractivity (Wildman–Crippen MR) is 79.1 cm³/mol. The van der Waals surface area contributed by atoms with E-state index in [1.54, 1.807) is 0 Å². The molecule has 1 aromatic rings. The van der Waals surface area contributed by atoms with E-state index in [-0.39, 0.29) is 17.5 Å². The van der Waals surface area contributed by atoms with Crippen LogP contribution >= 0.6 is 11.3 Å². The summed E-state index contributed by atoms with van der Waals surface area (Å²) in [5, 5.41) is 13.9. The molecule has 1 heterocycles. The lowest BCUT2D eigenvalue weighted by atomic mass is 9.98. The van der Waals surface area contributed by atoms with Crippen molar-refractivity contribution in [2.75, 3.05) is 6.54 Å². The van der Waals surface area contributed by atoms with Gasteiger partial charge in [0.2, 0.25) is 5.91 Å². The molecule has 0 aliphatic heterocycles. The topological polar surface area (TPSA) is 79.3 Å². The fourth-order valence-corrected chi connectivity index (χ4v) is 2.70. The lowest BCUT2D eigenvalue weighted by Gasteiger charge is -2.14. The zero-order valence-corrected chi connectivity index (χ0v) is 12.8. The Morgan fingerprint density at radius 3 is 2.75 bits per heavy atom. The lowest BCUT2D eigenvalue weighted by Crippen LogP contribution is -2.32. The first kappa shape index (κ1) is 16.6. The molecule has 0 fully saturated rings. The fraction of sp³-hybridized carbons (Fsp3) is 0.643. The molecule has 1 unspecified atom stereocenters. The van der Waals surface area contributed by atoms with Gasteiger partial charge in [-0.3, -0.25) is 4.79 Å². The minimum absolute atomic E-state index is 0.0747. The highest BCUT2D eigenvalue weighted by Crippen LogP contribution is 2.13. The summed E-state index contributed by atoms with van der Waals surface area (Å²) in [4.78, 5) is 26.6. The number of carboxylic acid groups (broad SMARTS) is 1. The first-order chi connectivity index (χ1) is 9.58. The molecule has 1 amide bonds. The number of amides is 1. The molecule has 6 heteroatoms. The van der Waals surface area contributed by atoms with E-state index in [0.717, 1.165) is 30.7 Å². The van der Waals surface area contributed by atoms with Crippen LogP contribution in [0.1, 0.15) is 55.0 Å². The van der Waals surface area contributed by atoms with Gasteiger partial charge in [0.1, 0.15) is 0 Å². The van der Waals surface area contributed by atoms with Crippen LogP contribution in [0.2, 0.25) is 0 Å². The smallest absolute Gasteiger partial charge is 0.355 e. The van der Waals surface area contributed by atoms with E-state index >= 15 is 0 Å². The van der Waals surface area contributed by atoms with E-state index < -0.39 is 5.97 Å². The summed E-state index contributed by atoms with van der Waals surface area (Å²) in [6.45, 7) is 4.65. The maximum Gasteiger partial charge on any atom is 0.355 e. The van der Waals surface area contributed by atoms with Crippen LogP contribution in [-0.4, -0.2) is 28.5 Å². The van der Waals surface area contributed by atoms with Crippen LogP contribution in [0.25, 0.3) is 0 Å². The number of aromatic carboxylic acids is 1. The Bertz CT molecular complexity index is 445. The number of carbonyl (C=O) groups is 2. The molecule has 1 rings (SSSR count). The van der Waals surface area contributed by atoms with E-state index in [2.05, 4.69) is 17.2 Å². The number of hydrogen-bond acceptors (Lipinski definition) is 4. The second kappa shape index (κ2) is 8.68. The summed E-state index contributed by atoms with van der Waals surface area (Å²) in [6, 6.07) is 0. The van der Waals surface area contributed by atoms with Crippen molar-refractivity contribution in [1.29, 1.82) is 0 Å². The van der Waals surface area contributed by atoms with E-state index in [1.807, 2.05) is 6.92 Å². The lowest BCUT2D eigenvalue weighted by molar-refractivity contribution is -0.125. The molecule has 0 radical (unpaired) electrons. The van der Waals surface area contributed by atoms with Crippen LogP contribution in [0.4, 0.5) is 0 Å². The second-order valence-corrected chi connectivity index (χ2v) is 5.66. The maximum atomic E-state index is 12.0. The van der Waals surface area contributed by atoms with Crippen molar-refractivity contribution in [2.45, 2.75) is 46.0 Å². The summed E-state index contributed by atoms with van der Waals surface area (Å²) >= 11 is 1.31. The summed E-state index contributed by atoms with van der Waals surface area (Å²) < 4.78 is 0. The summed E-state index contributed by atoms with van der Waals surface area (Å²) in [5.74, 6) is -0.834. The molecule has 0 saturated heterocycles. The number of rotatable bonds is 9. The number of carboxylic acids is 1. The van der Waals surface area contributed by atoms with Gasteiger partial charge in [0, 0.05) is 24.3 Å². The molecule has 1 aromatic heterocycles. The Labute approximate surface area is 123 Å². The molecule has 20 heavy (non-hydrogen) atoms. The minimum atomic E-state index is -1.01. The van der Waals surface area contributed by atoms with Crippen molar-refractivity contribution < 1.29 is 14.7 Å². The standard InChI is InChI=1S/C14H22N2O3S/c1-3-5-6-10(4-2)13(17)15-8-7-12-16-11(9-20-12)14(18)19/h9-10H,3-8H2,1-2H3,(H,15,17)(H,18,19). The molecule has 0 aliphatic rings. The molecule has 0 aliphatic carbocycles. The zero-order chi connectivity index (χ0) is 15.0. The highest BCUT2D eigenvalue weighted by atomic mass is 32.1. The van der Waals surface area contributed by atoms with E-state index in [4.69, 9.17) is 5.11 Å². The predicted octanol–water partition coefficient (Wildman–Crippen LogP) is 2.72. The van der Waals surface area contributed by atoms with Gasteiger partial charge in [-0.05, 0) is 12.8 Å². The normalized spacial score (nSPS) is 12.1. The highest BCUT2D eigenvalue weighted by molar-refractivity contribution is 7.09. The van der Waals surface area contributed by atoms with Crippen molar-refractivity contribution in [1.82, 2.24) is 10.3 Å². The van der Waals surface area contributed by atoms with Crippen molar-refractivity contribution in [3.8, 4) is 0 Å². The van der Waals surface area contributed by atoms with Crippen LogP contribution in [0.15, 0.2) is 5.38 Å². The fourth-order valence-electron chi connectivity index (χ4n) is 1.93. The Morgan fingerprint density at radius 1 is 1.45 bits per heavy atom. The van der Waals surface area contributed by atoms with Gasteiger partial charge in [-0.2, -0.15) is 0 Å². The molecule has 2 N–H and O–H groups in total. The molecule has 0 bridgehead atoms. The third-order valence-corrected chi connectivity index (χ3v) is 4.09. The van der Waals surface area contributed by atoms with Crippen LogP contribution in [0, 0.1) is 5.92 Å².